The number of carboxylic acids is 1. The third-order valence-electron chi connectivity index (χ3n) is 3.66. The smallest absolute Gasteiger partial charge is 0.306 e. The molecule has 0 amide bonds. The average Bonchev–Trinajstić information content (AvgIpc) is 2.47. The van der Waals surface area contributed by atoms with Gasteiger partial charge in [0.25, 0.3) is 0 Å². The highest BCUT2D eigenvalue weighted by atomic mass is 16.4. The predicted molar refractivity (Wildman–Crippen MR) is 72.2 cm³/mol. The number of fused-ring (bicyclic) bond motifs is 1. The van der Waals surface area contributed by atoms with Gasteiger partial charge < -0.3 is 5.11 Å². The first kappa shape index (κ1) is 12.7. The van der Waals surface area contributed by atoms with E-state index in [-0.39, 0.29) is 5.92 Å². The van der Waals surface area contributed by atoms with Crippen molar-refractivity contribution in [2.45, 2.75) is 25.7 Å². The third kappa shape index (κ3) is 2.66. The van der Waals surface area contributed by atoms with Crippen LogP contribution in [0.5, 0.6) is 0 Å². The standard InChI is InChI=1S/C15H15N3O2/c19-15(20)11-1-2-13-12(8-11)9-17-14(18-13)7-10-3-5-16-6-4-10/h3-6,9,11H,1-2,7-8H2,(H,19,20). The van der Waals surface area contributed by atoms with Crippen molar-refractivity contribution in [3.8, 4) is 0 Å². The number of aliphatic carboxylic acids is 1. The van der Waals surface area contributed by atoms with E-state index in [1.54, 1.807) is 18.6 Å². The van der Waals surface area contributed by atoms with E-state index in [1.807, 2.05) is 12.1 Å². The van der Waals surface area contributed by atoms with Gasteiger partial charge in [0.1, 0.15) is 5.82 Å². The van der Waals surface area contributed by atoms with Crippen LogP contribution >= 0.6 is 0 Å². The number of carboxylic acid groups (broad SMARTS) is 1. The third-order valence-corrected chi connectivity index (χ3v) is 3.66. The van der Waals surface area contributed by atoms with Crippen LogP contribution in [-0.2, 0) is 24.1 Å². The van der Waals surface area contributed by atoms with Crippen molar-refractivity contribution in [2.75, 3.05) is 0 Å². The molecule has 0 aliphatic heterocycles. The molecular formula is C15H15N3O2. The predicted octanol–water partition coefficient (Wildman–Crippen LogP) is 1.65. The Kier molecular flexibility index (Phi) is 3.41. The molecule has 1 unspecified atom stereocenters. The average molecular weight is 269 g/mol. The van der Waals surface area contributed by atoms with Gasteiger partial charge in [-0.2, -0.15) is 0 Å². The Balaban J connectivity index is 1.79. The first-order chi connectivity index (χ1) is 9.72. The molecule has 20 heavy (non-hydrogen) atoms. The number of hydrogen-bond acceptors (Lipinski definition) is 4. The lowest BCUT2D eigenvalue weighted by atomic mass is 9.87. The molecule has 0 bridgehead atoms. The van der Waals surface area contributed by atoms with Crippen LogP contribution in [0.1, 0.15) is 29.1 Å². The Bertz CT molecular complexity index is 628. The summed E-state index contributed by atoms with van der Waals surface area (Å²) in [6.45, 7) is 0. The number of nitrogens with zero attached hydrogens (tertiary/aromatic N) is 3. The van der Waals surface area contributed by atoms with E-state index in [1.165, 1.54) is 0 Å². The summed E-state index contributed by atoms with van der Waals surface area (Å²) in [5.74, 6) is -0.239. The second-order valence-corrected chi connectivity index (χ2v) is 5.07. The summed E-state index contributed by atoms with van der Waals surface area (Å²) in [5, 5.41) is 9.07. The number of carbonyl (C=O) groups is 1. The summed E-state index contributed by atoms with van der Waals surface area (Å²) in [7, 11) is 0. The molecular weight excluding hydrogens is 254 g/mol. The van der Waals surface area contributed by atoms with Crippen LogP contribution in [0.2, 0.25) is 0 Å². The Morgan fingerprint density at radius 2 is 2.15 bits per heavy atom. The van der Waals surface area contributed by atoms with Gasteiger partial charge in [-0.05, 0) is 42.5 Å². The van der Waals surface area contributed by atoms with E-state index in [0.29, 0.717) is 19.3 Å². The molecule has 1 aliphatic carbocycles. The van der Waals surface area contributed by atoms with E-state index in [0.717, 1.165) is 29.1 Å². The fraction of sp³-hybridized carbons (Fsp3) is 0.333. The van der Waals surface area contributed by atoms with Gasteiger partial charge in [-0.3, -0.25) is 9.78 Å². The molecule has 3 rings (SSSR count). The van der Waals surface area contributed by atoms with Crippen LogP contribution in [0.15, 0.2) is 30.7 Å². The fourth-order valence-corrected chi connectivity index (χ4v) is 2.53. The lowest BCUT2D eigenvalue weighted by Gasteiger charge is -2.20. The van der Waals surface area contributed by atoms with E-state index in [2.05, 4.69) is 15.0 Å². The second kappa shape index (κ2) is 5.36. The highest BCUT2D eigenvalue weighted by molar-refractivity contribution is 5.70. The van der Waals surface area contributed by atoms with Crippen LogP contribution in [0.3, 0.4) is 0 Å². The number of rotatable bonds is 3. The van der Waals surface area contributed by atoms with Gasteiger partial charge in [-0.25, -0.2) is 9.97 Å². The quantitative estimate of drug-likeness (QED) is 0.917. The second-order valence-electron chi connectivity index (χ2n) is 5.07. The van der Waals surface area contributed by atoms with Crippen LogP contribution in [-0.4, -0.2) is 26.0 Å². The Morgan fingerprint density at radius 3 is 2.90 bits per heavy atom. The normalized spacial score (nSPS) is 17.5. The summed E-state index contributed by atoms with van der Waals surface area (Å²) < 4.78 is 0. The molecule has 102 valence electrons. The van der Waals surface area contributed by atoms with Crippen LogP contribution in [0.25, 0.3) is 0 Å². The summed E-state index contributed by atoms with van der Waals surface area (Å²) in [6.07, 6.45) is 7.90. The van der Waals surface area contributed by atoms with Gasteiger partial charge in [0.05, 0.1) is 5.92 Å². The molecule has 5 nitrogen and oxygen atoms in total. The number of aryl methyl sites for hydroxylation is 1. The zero-order valence-electron chi connectivity index (χ0n) is 11.0. The SMILES string of the molecule is O=C(O)C1CCc2nc(Cc3ccncc3)ncc2C1. The van der Waals surface area contributed by atoms with Gasteiger partial charge in [0.2, 0.25) is 0 Å². The molecule has 0 saturated heterocycles. The molecule has 1 aliphatic rings. The summed E-state index contributed by atoms with van der Waals surface area (Å²) >= 11 is 0. The molecule has 0 spiro atoms. The molecule has 5 heteroatoms. The van der Waals surface area contributed by atoms with Crippen LogP contribution in [0, 0.1) is 5.92 Å². The van der Waals surface area contributed by atoms with Crippen molar-refractivity contribution in [1.29, 1.82) is 0 Å². The topological polar surface area (TPSA) is 76.0 Å². The maximum absolute atomic E-state index is 11.0. The molecule has 0 aromatic carbocycles. The van der Waals surface area contributed by atoms with E-state index < -0.39 is 5.97 Å². The highest BCUT2D eigenvalue weighted by Gasteiger charge is 2.25. The largest absolute Gasteiger partial charge is 0.481 e. The van der Waals surface area contributed by atoms with E-state index in [4.69, 9.17) is 5.11 Å². The fourth-order valence-electron chi connectivity index (χ4n) is 2.53. The van der Waals surface area contributed by atoms with Crippen LogP contribution < -0.4 is 0 Å². The van der Waals surface area contributed by atoms with Crippen molar-refractivity contribution in [3.63, 3.8) is 0 Å². The van der Waals surface area contributed by atoms with Crippen molar-refractivity contribution >= 4 is 5.97 Å². The van der Waals surface area contributed by atoms with E-state index >= 15 is 0 Å². The minimum atomic E-state index is -0.725. The Hall–Kier alpha value is -2.30. The van der Waals surface area contributed by atoms with Crippen molar-refractivity contribution in [1.82, 2.24) is 15.0 Å². The Labute approximate surface area is 116 Å². The van der Waals surface area contributed by atoms with Crippen molar-refractivity contribution in [2.24, 2.45) is 5.92 Å². The zero-order valence-corrected chi connectivity index (χ0v) is 11.0. The van der Waals surface area contributed by atoms with Gasteiger partial charge in [-0.15, -0.1) is 0 Å². The summed E-state index contributed by atoms with van der Waals surface area (Å²) in [6, 6.07) is 3.90. The first-order valence-electron chi connectivity index (χ1n) is 6.68. The molecule has 1 atom stereocenters. The number of aromatic nitrogens is 3. The summed E-state index contributed by atoms with van der Waals surface area (Å²) in [4.78, 5) is 23.9. The molecule has 2 aromatic rings. The minimum Gasteiger partial charge on any atom is -0.481 e. The number of hydrogen-bond donors (Lipinski definition) is 1. The lowest BCUT2D eigenvalue weighted by Crippen LogP contribution is -2.23. The van der Waals surface area contributed by atoms with Crippen molar-refractivity contribution in [3.05, 3.63) is 53.4 Å². The maximum Gasteiger partial charge on any atom is 0.306 e. The molecule has 1 N–H and O–H groups in total. The molecule has 2 heterocycles. The maximum atomic E-state index is 11.0. The van der Waals surface area contributed by atoms with Crippen molar-refractivity contribution < 1.29 is 9.90 Å². The Morgan fingerprint density at radius 1 is 1.35 bits per heavy atom. The van der Waals surface area contributed by atoms with Gasteiger partial charge in [0.15, 0.2) is 0 Å². The van der Waals surface area contributed by atoms with Crippen LogP contribution in [0.4, 0.5) is 0 Å². The lowest BCUT2D eigenvalue weighted by molar-refractivity contribution is -0.142. The molecule has 0 radical (unpaired) electrons. The molecule has 0 saturated carbocycles. The minimum absolute atomic E-state index is 0.294. The summed E-state index contributed by atoms with van der Waals surface area (Å²) in [5.41, 5.74) is 3.10. The monoisotopic (exact) mass is 269 g/mol. The van der Waals surface area contributed by atoms with Gasteiger partial charge >= 0.3 is 5.97 Å². The first-order valence-corrected chi connectivity index (χ1v) is 6.68. The van der Waals surface area contributed by atoms with Gasteiger partial charge in [0, 0.05) is 30.7 Å². The van der Waals surface area contributed by atoms with E-state index in [9.17, 15) is 4.79 Å². The zero-order chi connectivity index (χ0) is 13.9. The number of pyridine rings is 1. The molecule has 2 aromatic heterocycles. The highest BCUT2D eigenvalue weighted by Crippen LogP contribution is 2.24. The molecule has 0 fully saturated rings. The van der Waals surface area contributed by atoms with Gasteiger partial charge in [-0.1, -0.05) is 0 Å².